The Morgan fingerprint density at radius 2 is 1.36 bits per heavy atom. The summed E-state index contributed by atoms with van der Waals surface area (Å²) >= 11 is 0. The zero-order valence-corrected chi connectivity index (χ0v) is 11.1. The van der Waals surface area contributed by atoms with Crippen LogP contribution in [0, 0.1) is 11.8 Å². The number of hydrogen-bond donors (Lipinski definition) is 0. The van der Waals surface area contributed by atoms with Gasteiger partial charge < -0.3 is 8.97 Å². The molecule has 0 aliphatic heterocycles. The summed E-state index contributed by atoms with van der Waals surface area (Å²) in [5, 5.41) is 0. The third-order valence-electron chi connectivity index (χ3n) is 2.62. The second kappa shape index (κ2) is 3.92. The fourth-order valence-corrected chi connectivity index (χ4v) is 0.661. The molecule has 0 spiro atoms. The molecule has 0 aliphatic rings. The lowest BCUT2D eigenvalue weighted by atomic mass is 10.0. The van der Waals surface area contributed by atoms with Crippen molar-refractivity contribution in [3.05, 3.63) is 0 Å². The molecule has 2 nitrogen and oxygen atoms in total. The Hall–Kier alpha value is -0.520. The third-order valence-corrected chi connectivity index (χ3v) is 2.62. The van der Waals surface area contributed by atoms with Crippen molar-refractivity contribution < 1.29 is 8.97 Å². The molecule has 0 aliphatic carbocycles. The maximum absolute atomic E-state index is 3.36. The van der Waals surface area contributed by atoms with Crippen LogP contribution in [0.5, 0.6) is 0 Å². The van der Waals surface area contributed by atoms with E-state index in [1.807, 2.05) is 0 Å². The first-order valence-corrected chi connectivity index (χ1v) is 5.08. The van der Waals surface area contributed by atoms with Crippen LogP contribution in [-0.2, 0) is 0 Å². The first kappa shape index (κ1) is 13.5. The minimum absolute atomic E-state index is 0.0230. The zero-order chi connectivity index (χ0) is 11.6. The van der Waals surface area contributed by atoms with Gasteiger partial charge in [0.1, 0.15) is 6.54 Å². The average Bonchev–Trinajstić information content (AvgIpc) is 1.80. The Balaban J connectivity index is 4.52. The van der Waals surface area contributed by atoms with Crippen LogP contribution >= 0.6 is 0 Å². The van der Waals surface area contributed by atoms with Crippen LogP contribution in [-0.4, -0.2) is 63.3 Å². The minimum atomic E-state index is 0.0230. The molecule has 0 bridgehead atoms. The van der Waals surface area contributed by atoms with E-state index < -0.39 is 0 Å². The molecular formula is C12H26N2+2. The van der Waals surface area contributed by atoms with E-state index in [9.17, 15) is 0 Å². The largest absolute Gasteiger partial charge is 0.321 e. The molecule has 0 amide bonds. The normalized spacial score (nSPS) is 13.4. The fourth-order valence-electron chi connectivity index (χ4n) is 0.661. The molecular weight excluding hydrogens is 172 g/mol. The van der Waals surface area contributed by atoms with E-state index in [-0.39, 0.29) is 5.54 Å². The van der Waals surface area contributed by atoms with Gasteiger partial charge in [0.2, 0.25) is 0 Å². The Kier molecular flexibility index (Phi) is 3.78. The molecule has 0 unspecified atom stereocenters. The van der Waals surface area contributed by atoms with Crippen molar-refractivity contribution in [2.45, 2.75) is 19.4 Å². The average molecular weight is 198 g/mol. The lowest BCUT2D eigenvalue weighted by Gasteiger charge is -2.37. The van der Waals surface area contributed by atoms with Crippen LogP contribution in [0.2, 0.25) is 0 Å². The molecule has 14 heavy (non-hydrogen) atoms. The molecule has 0 saturated carbocycles. The van der Waals surface area contributed by atoms with Gasteiger partial charge in [0.05, 0.1) is 42.3 Å². The highest BCUT2D eigenvalue weighted by molar-refractivity contribution is 5.11. The molecule has 0 aromatic heterocycles. The Morgan fingerprint density at radius 1 is 0.929 bits per heavy atom. The van der Waals surface area contributed by atoms with Gasteiger partial charge in [-0.05, 0) is 11.8 Å². The Labute approximate surface area is 89.7 Å². The highest BCUT2D eigenvalue weighted by atomic mass is 15.3. The lowest BCUT2D eigenvalue weighted by Crippen LogP contribution is -2.52. The Morgan fingerprint density at radius 3 is 1.64 bits per heavy atom. The summed E-state index contributed by atoms with van der Waals surface area (Å²) in [5.41, 5.74) is 0.0230. The molecule has 0 aromatic rings. The monoisotopic (exact) mass is 198 g/mol. The summed E-state index contributed by atoms with van der Waals surface area (Å²) in [6.07, 6.45) is 0. The van der Waals surface area contributed by atoms with Crippen molar-refractivity contribution in [1.82, 2.24) is 0 Å². The van der Waals surface area contributed by atoms with E-state index in [2.05, 4.69) is 68.0 Å². The van der Waals surface area contributed by atoms with Gasteiger partial charge in [0.25, 0.3) is 0 Å². The second-order valence-corrected chi connectivity index (χ2v) is 6.32. The summed E-state index contributed by atoms with van der Waals surface area (Å²) in [5.74, 6) is 6.64. The molecule has 0 atom stereocenters. The predicted octanol–water partition coefficient (Wildman–Crippen LogP) is 1.18. The molecule has 2 heteroatoms. The fraction of sp³-hybridized carbons (Fsp3) is 0.833. The number of nitrogens with zero attached hydrogens (tertiary/aromatic N) is 2. The molecule has 0 N–H and O–H groups in total. The molecule has 82 valence electrons. The number of rotatable bonds is 2. The van der Waals surface area contributed by atoms with Crippen LogP contribution in [0.1, 0.15) is 13.8 Å². The summed E-state index contributed by atoms with van der Waals surface area (Å²) in [4.78, 5) is 0. The van der Waals surface area contributed by atoms with E-state index in [1.54, 1.807) is 0 Å². The summed E-state index contributed by atoms with van der Waals surface area (Å²) in [6, 6.07) is 0. The van der Waals surface area contributed by atoms with Gasteiger partial charge >= 0.3 is 0 Å². The highest BCUT2D eigenvalue weighted by Gasteiger charge is 2.30. The second-order valence-electron chi connectivity index (χ2n) is 6.32. The first-order chi connectivity index (χ1) is 5.96. The van der Waals surface area contributed by atoms with Gasteiger partial charge in [-0.1, -0.05) is 0 Å². The van der Waals surface area contributed by atoms with Gasteiger partial charge in [-0.3, -0.25) is 0 Å². The molecule has 0 rings (SSSR count). The zero-order valence-electron chi connectivity index (χ0n) is 11.1. The van der Waals surface area contributed by atoms with Crippen LogP contribution in [0.3, 0.4) is 0 Å². The SMILES string of the molecule is CC(C)(C#CC[N+](C)(C)C)[N+](C)(C)C. The van der Waals surface area contributed by atoms with Crippen molar-refractivity contribution in [2.75, 3.05) is 48.8 Å². The van der Waals surface area contributed by atoms with Crippen molar-refractivity contribution in [2.24, 2.45) is 0 Å². The molecule has 0 fully saturated rings. The maximum Gasteiger partial charge on any atom is 0.154 e. The maximum atomic E-state index is 3.36. The third kappa shape index (κ3) is 4.64. The van der Waals surface area contributed by atoms with E-state index >= 15 is 0 Å². The highest BCUT2D eigenvalue weighted by Crippen LogP contribution is 2.15. The molecule has 0 aromatic carbocycles. The summed E-state index contributed by atoms with van der Waals surface area (Å²) in [7, 11) is 13.0. The summed E-state index contributed by atoms with van der Waals surface area (Å²) < 4.78 is 1.78. The van der Waals surface area contributed by atoms with E-state index in [1.165, 1.54) is 0 Å². The standard InChI is InChI=1S/C12H26N2/c1-12(2,14(6,7)8)10-9-11-13(3,4)5/h11H2,1-8H3/q+2. The van der Waals surface area contributed by atoms with Gasteiger partial charge in [-0.2, -0.15) is 0 Å². The van der Waals surface area contributed by atoms with Gasteiger partial charge in [0, 0.05) is 13.8 Å². The quantitative estimate of drug-likeness (QED) is 0.462. The van der Waals surface area contributed by atoms with Gasteiger partial charge in [-0.25, -0.2) is 0 Å². The van der Waals surface area contributed by atoms with E-state index in [0.29, 0.717) is 0 Å². The van der Waals surface area contributed by atoms with Crippen molar-refractivity contribution in [1.29, 1.82) is 0 Å². The van der Waals surface area contributed by atoms with Crippen LogP contribution in [0.4, 0.5) is 0 Å². The van der Waals surface area contributed by atoms with E-state index in [0.717, 1.165) is 15.5 Å². The molecule has 0 heterocycles. The number of hydrogen-bond acceptors (Lipinski definition) is 0. The van der Waals surface area contributed by atoms with Crippen LogP contribution in [0.15, 0.2) is 0 Å². The van der Waals surface area contributed by atoms with E-state index in [4.69, 9.17) is 0 Å². The smallest absolute Gasteiger partial charge is 0.154 e. The van der Waals surface area contributed by atoms with Crippen molar-refractivity contribution in [3.8, 4) is 11.8 Å². The summed E-state index contributed by atoms with van der Waals surface area (Å²) in [6.45, 7) is 5.29. The van der Waals surface area contributed by atoms with Gasteiger partial charge in [-0.15, -0.1) is 0 Å². The minimum Gasteiger partial charge on any atom is -0.321 e. The number of quaternary nitrogens is 2. The Bertz CT molecular complexity index is 240. The van der Waals surface area contributed by atoms with Crippen molar-refractivity contribution >= 4 is 0 Å². The van der Waals surface area contributed by atoms with Gasteiger partial charge in [0.15, 0.2) is 5.54 Å². The predicted molar refractivity (Wildman–Crippen MR) is 62.8 cm³/mol. The topological polar surface area (TPSA) is 0 Å². The van der Waals surface area contributed by atoms with Crippen molar-refractivity contribution in [3.63, 3.8) is 0 Å². The first-order valence-electron chi connectivity index (χ1n) is 5.08. The van der Waals surface area contributed by atoms with Crippen LogP contribution < -0.4 is 0 Å². The van der Waals surface area contributed by atoms with Crippen LogP contribution in [0.25, 0.3) is 0 Å². The lowest BCUT2D eigenvalue weighted by molar-refractivity contribution is -0.909. The molecule has 0 saturated heterocycles. The molecule has 0 radical (unpaired) electrons.